The Morgan fingerprint density at radius 3 is 2.57 bits per heavy atom. The predicted molar refractivity (Wildman–Crippen MR) is 86.4 cm³/mol. The van der Waals surface area contributed by atoms with Crippen molar-refractivity contribution in [3.05, 3.63) is 36.3 Å². The molecule has 0 fully saturated rings. The average molecular weight is 287 g/mol. The number of nitrogens with two attached hydrogens (primary N) is 1. The Hall–Kier alpha value is -1.81. The molecule has 0 aliphatic carbocycles. The lowest BCUT2D eigenvalue weighted by atomic mass is 10.1. The minimum absolute atomic E-state index is 0.692. The van der Waals surface area contributed by atoms with E-state index < -0.39 is 0 Å². The van der Waals surface area contributed by atoms with Gasteiger partial charge in [0.1, 0.15) is 11.6 Å². The molecule has 1 heterocycles. The van der Waals surface area contributed by atoms with Crippen molar-refractivity contribution in [1.82, 2.24) is 9.97 Å². The van der Waals surface area contributed by atoms with Gasteiger partial charge in [-0.2, -0.15) is 0 Å². The van der Waals surface area contributed by atoms with Crippen LogP contribution in [0, 0.1) is 0 Å². The third-order valence-corrected chi connectivity index (χ3v) is 3.47. The number of unbranched alkanes of at least 4 members (excludes halogenated alkanes) is 3. The lowest BCUT2D eigenvalue weighted by molar-refractivity contribution is 0.340. The molecule has 0 spiro atoms. The second kappa shape index (κ2) is 8.47. The van der Waals surface area contributed by atoms with Gasteiger partial charge < -0.3 is 15.5 Å². The highest BCUT2D eigenvalue weighted by Crippen LogP contribution is 2.21. The summed E-state index contributed by atoms with van der Waals surface area (Å²) in [6.07, 6.45) is 7.62. The van der Waals surface area contributed by atoms with Crippen molar-refractivity contribution in [2.75, 3.05) is 13.2 Å². The fourth-order valence-corrected chi connectivity index (χ4v) is 2.32. The van der Waals surface area contributed by atoms with Crippen LogP contribution < -0.4 is 10.5 Å². The fraction of sp³-hybridized carbons (Fsp3) is 0.471. The molecule has 21 heavy (non-hydrogen) atoms. The number of nitrogens with zero attached hydrogens (tertiary/aromatic N) is 1. The van der Waals surface area contributed by atoms with Gasteiger partial charge in [0, 0.05) is 6.42 Å². The molecule has 114 valence electrons. The monoisotopic (exact) mass is 287 g/mol. The molecular weight excluding hydrogens is 262 g/mol. The first kappa shape index (κ1) is 15.6. The molecule has 4 nitrogen and oxygen atoms in total. The Kier molecular flexibility index (Phi) is 6.28. The molecule has 0 saturated heterocycles. The van der Waals surface area contributed by atoms with Crippen LogP contribution in [0.3, 0.4) is 0 Å². The van der Waals surface area contributed by atoms with E-state index in [1.165, 1.54) is 12.8 Å². The van der Waals surface area contributed by atoms with Crippen LogP contribution in [-0.4, -0.2) is 23.1 Å². The van der Waals surface area contributed by atoms with E-state index in [9.17, 15) is 0 Å². The van der Waals surface area contributed by atoms with Crippen molar-refractivity contribution in [3.63, 3.8) is 0 Å². The van der Waals surface area contributed by atoms with Gasteiger partial charge in [-0.1, -0.05) is 12.8 Å². The topological polar surface area (TPSA) is 63.9 Å². The third-order valence-electron chi connectivity index (χ3n) is 3.47. The lowest BCUT2D eigenvalue weighted by Gasteiger charge is -2.03. The maximum absolute atomic E-state index is 5.49. The van der Waals surface area contributed by atoms with Gasteiger partial charge in [-0.05, 0) is 56.1 Å². The maximum Gasteiger partial charge on any atom is 0.119 e. The summed E-state index contributed by atoms with van der Waals surface area (Å²) in [5, 5.41) is 0. The van der Waals surface area contributed by atoms with Gasteiger partial charge in [-0.15, -0.1) is 0 Å². The van der Waals surface area contributed by atoms with Crippen LogP contribution in [0.4, 0.5) is 0 Å². The van der Waals surface area contributed by atoms with Crippen molar-refractivity contribution in [3.8, 4) is 17.0 Å². The zero-order valence-electron chi connectivity index (χ0n) is 12.8. The van der Waals surface area contributed by atoms with Gasteiger partial charge in [0.2, 0.25) is 0 Å². The van der Waals surface area contributed by atoms with E-state index in [0.717, 1.165) is 48.6 Å². The summed E-state index contributed by atoms with van der Waals surface area (Å²) in [5.41, 5.74) is 7.70. The molecule has 0 radical (unpaired) electrons. The SMILES string of the molecule is CCOc1ccc(-c2cnc(CCCCCCN)[nH]2)cc1. The minimum atomic E-state index is 0.692. The quantitative estimate of drug-likeness (QED) is 0.693. The van der Waals surface area contributed by atoms with Crippen molar-refractivity contribution < 1.29 is 4.74 Å². The summed E-state index contributed by atoms with van der Waals surface area (Å²) in [7, 11) is 0. The molecule has 0 atom stereocenters. The summed E-state index contributed by atoms with van der Waals surface area (Å²) in [4.78, 5) is 7.85. The molecule has 0 aliphatic rings. The molecule has 2 rings (SSSR count). The number of imidazole rings is 1. The molecule has 1 aromatic carbocycles. The third kappa shape index (κ3) is 4.90. The molecule has 3 N–H and O–H groups in total. The number of H-pyrrole nitrogens is 1. The normalized spacial score (nSPS) is 10.8. The number of ether oxygens (including phenoxy) is 1. The Morgan fingerprint density at radius 2 is 1.86 bits per heavy atom. The highest BCUT2D eigenvalue weighted by molar-refractivity contribution is 5.59. The number of aromatic nitrogens is 2. The summed E-state index contributed by atoms with van der Waals surface area (Å²) < 4.78 is 5.45. The summed E-state index contributed by atoms with van der Waals surface area (Å²) >= 11 is 0. The van der Waals surface area contributed by atoms with Gasteiger partial charge in [-0.3, -0.25) is 0 Å². The Labute approximate surface area is 126 Å². The highest BCUT2D eigenvalue weighted by atomic mass is 16.5. The highest BCUT2D eigenvalue weighted by Gasteiger charge is 2.03. The number of aromatic amines is 1. The van der Waals surface area contributed by atoms with Crippen molar-refractivity contribution in [2.45, 2.75) is 39.0 Å². The van der Waals surface area contributed by atoms with Gasteiger partial charge in [-0.25, -0.2) is 4.98 Å². The average Bonchev–Trinajstić information content (AvgIpc) is 2.97. The van der Waals surface area contributed by atoms with Crippen LogP contribution in [0.2, 0.25) is 0 Å². The van der Waals surface area contributed by atoms with Crippen molar-refractivity contribution in [2.24, 2.45) is 5.73 Å². The van der Waals surface area contributed by atoms with Gasteiger partial charge >= 0.3 is 0 Å². The fourth-order valence-electron chi connectivity index (χ4n) is 2.32. The number of hydrogen-bond donors (Lipinski definition) is 2. The molecule has 0 saturated carbocycles. The first-order chi connectivity index (χ1) is 10.3. The summed E-state index contributed by atoms with van der Waals surface area (Å²) in [6, 6.07) is 8.10. The smallest absolute Gasteiger partial charge is 0.119 e. The maximum atomic E-state index is 5.49. The van der Waals surface area contributed by atoms with E-state index in [-0.39, 0.29) is 0 Å². The van der Waals surface area contributed by atoms with Crippen LogP contribution in [-0.2, 0) is 6.42 Å². The first-order valence-corrected chi connectivity index (χ1v) is 7.80. The second-order valence-corrected chi connectivity index (χ2v) is 5.15. The van der Waals surface area contributed by atoms with Gasteiger partial charge in [0.05, 0.1) is 18.5 Å². The molecule has 0 aliphatic heterocycles. The number of aryl methyl sites for hydroxylation is 1. The molecule has 2 aromatic rings. The van der Waals surface area contributed by atoms with E-state index in [0.29, 0.717) is 6.61 Å². The zero-order valence-corrected chi connectivity index (χ0v) is 12.8. The van der Waals surface area contributed by atoms with E-state index in [1.807, 2.05) is 25.3 Å². The zero-order chi connectivity index (χ0) is 14.9. The first-order valence-electron chi connectivity index (χ1n) is 7.80. The van der Waals surface area contributed by atoms with Crippen LogP contribution >= 0.6 is 0 Å². The number of rotatable bonds is 9. The van der Waals surface area contributed by atoms with E-state index >= 15 is 0 Å². The molecular formula is C17H25N3O. The largest absolute Gasteiger partial charge is 0.494 e. The Balaban J connectivity index is 1.87. The number of benzene rings is 1. The van der Waals surface area contributed by atoms with Crippen molar-refractivity contribution >= 4 is 0 Å². The van der Waals surface area contributed by atoms with Crippen LogP contribution in [0.5, 0.6) is 5.75 Å². The molecule has 4 heteroatoms. The van der Waals surface area contributed by atoms with E-state index in [4.69, 9.17) is 10.5 Å². The predicted octanol–water partition coefficient (Wildman–Crippen LogP) is 3.54. The number of nitrogens with one attached hydrogen (secondary N) is 1. The van der Waals surface area contributed by atoms with E-state index in [1.54, 1.807) is 0 Å². The van der Waals surface area contributed by atoms with Crippen LogP contribution in [0.15, 0.2) is 30.5 Å². The number of hydrogen-bond acceptors (Lipinski definition) is 3. The summed E-state index contributed by atoms with van der Waals surface area (Å²) in [6.45, 7) is 3.48. The van der Waals surface area contributed by atoms with Crippen molar-refractivity contribution in [1.29, 1.82) is 0 Å². The van der Waals surface area contributed by atoms with E-state index in [2.05, 4.69) is 22.1 Å². The molecule has 1 aromatic heterocycles. The Morgan fingerprint density at radius 1 is 1.10 bits per heavy atom. The minimum Gasteiger partial charge on any atom is -0.494 e. The van der Waals surface area contributed by atoms with Gasteiger partial charge in [0.15, 0.2) is 0 Å². The van der Waals surface area contributed by atoms with Gasteiger partial charge in [0.25, 0.3) is 0 Å². The molecule has 0 unspecified atom stereocenters. The van der Waals surface area contributed by atoms with Crippen LogP contribution in [0.25, 0.3) is 11.3 Å². The molecule has 0 bridgehead atoms. The second-order valence-electron chi connectivity index (χ2n) is 5.15. The summed E-state index contributed by atoms with van der Waals surface area (Å²) in [5.74, 6) is 1.97. The van der Waals surface area contributed by atoms with Crippen LogP contribution in [0.1, 0.15) is 38.4 Å². The standard InChI is InChI=1S/C17H25N3O/c1-2-21-15-10-8-14(9-11-15)16-13-19-17(20-16)7-5-3-4-6-12-18/h8-11,13H,2-7,12,18H2,1H3,(H,19,20). The Bertz CT molecular complexity index is 519. The lowest BCUT2D eigenvalue weighted by Crippen LogP contribution is -1.98. The molecule has 0 amide bonds.